The monoisotopic (exact) mass is 358 g/mol. The third kappa shape index (κ3) is 3.65. The first-order valence-electron chi connectivity index (χ1n) is 5.96. The average Bonchev–Trinajstić information content (AvgIpc) is 2.42. The van der Waals surface area contributed by atoms with Crippen LogP contribution in [0, 0.1) is 0 Å². The number of halogens is 3. The summed E-state index contributed by atoms with van der Waals surface area (Å²) in [6, 6.07) is 13.4. The molecule has 0 saturated carbocycles. The topological polar surface area (TPSA) is 9.23 Å². The molecule has 0 fully saturated rings. The van der Waals surface area contributed by atoms with E-state index in [4.69, 9.17) is 27.9 Å². The molecule has 0 N–H and O–H groups in total. The second-order valence-electron chi connectivity index (χ2n) is 3.99. The third-order valence-corrected chi connectivity index (χ3v) is 3.94. The van der Waals surface area contributed by atoms with Crippen LogP contribution in [-0.4, -0.2) is 11.9 Å². The Balaban J connectivity index is 2.32. The fraction of sp³-hybridized carbons (Fsp3) is 0.200. The Morgan fingerprint density at radius 3 is 2.42 bits per heavy atom. The minimum atomic E-state index is 0.602. The highest BCUT2D eigenvalue weighted by atomic mass is 79.9. The molecule has 0 aliphatic rings. The number of hydrogen-bond donors (Lipinski definition) is 0. The minimum absolute atomic E-state index is 0.602. The van der Waals surface area contributed by atoms with Gasteiger partial charge in [0.05, 0.1) is 11.6 Å². The predicted molar refractivity (Wildman–Crippen MR) is 85.8 cm³/mol. The van der Waals surface area contributed by atoms with Crippen LogP contribution in [0.25, 0.3) is 11.1 Å². The molecule has 100 valence electrons. The highest BCUT2D eigenvalue weighted by Crippen LogP contribution is 2.38. The van der Waals surface area contributed by atoms with Crippen molar-refractivity contribution in [3.8, 4) is 16.9 Å². The normalized spacial score (nSPS) is 10.5. The molecule has 0 atom stereocenters. The van der Waals surface area contributed by atoms with E-state index in [2.05, 4.69) is 15.9 Å². The molecule has 1 nitrogen and oxygen atoms in total. The van der Waals surface area contributed by atoms with Gasteiger partial charge >= 0.3 is 0 Å². The average molecular weight is 360 g/mol. The minimum Gasteiger partial charge on any atom is -0.492 e. The van der Waals surface area contributed by atoms with Crippen molar-refractivity contribution in [3.05, 3.63) is 52.5 Å². The van der Waals surface area contributed by atoms with Crippen LogP contribution < -0.4 is 4.74 Å². The smallest absolute Gasteiger partial charge is 0.138 e. The lowest BCUT2D eigenvalue weighted by atomic mass is 10.1. The van der Waals surface area contributed by atoms with E-state index in [9.17, 15) is 0 Å². The van der Waals surface area contributed by atoms with Crippen LogP contribution in [0.5, 0.6) is 5.75 Å². The zero-order valence-electron chi connectivity index (χ0n) is 10.2. The van der Waals surface area contributed by atoms with Gasteiger partial charge in [0.15, 0.2) is 0 Å². The molecule has 0 radical (unpaired) electrons. The number of ether oxygens (including phenoxy) is 1. The van der Waals surface area contributed by atoms with Gasteiger partial charge in [-0.05, 0) is 18.6 Å². The first-order valence-corrected chi connectivity index (χ1v) is 7.84. The highest BCUT2D eigenvalue weighted by molar-refractivity contribution is 9.09. The summed E-state index contributed by atoms with van der Waals surface area (Å²) in [7, 11) is 0. The predicted octanol–water partition coefficient (Wildman–Crippen LogP) is 5.82. The number of rotatable bonds is 5. The maximum atomic E-state index is 6.40. The van der Waals surface area contributed by atoms with E-state index in [-0.39, 0.29) is 0 Å². The number of hydrogen-bond acceptors (Lipinski definition) is 1. The van der Waals surface area contributed by atoms with Crippen molar-refractivity contribution >= 4 is 39.1 Å². The van der Waals surface area contributed by atoms with Gasteiger partial charge in [-0.1, -0.05) is 69.5 Å². The van der Waals surface area contributed by atoms with Crippen molar-refractivity contribution in [1.29, 1.82) is 0 Å². The molecule has 4 heteroatoms. The second-order valence-corrected chi connectivity index (χ2v) is 5.57. The zero-order valence-corrected chi connectivity index (χ0v) is 13.3. The molecule has 2 aromatic rings. The number of benzene rings is 2. The Morgan fingerprint density at radius 1 is 0.947 bits per heavy atom. The van der Waals surface area contributed by atoms with E-state index in [1.54, 1.807) is 0 Å². The van der Waals surface area contributed by atoms with Crippen LogP contribution in [0.4, 0.5) is 0 Å². The van der Waals surface area contributed by atoms with Crippen LogP contribution in [0.2, 0.25) is 10.0 Å². The fourth-order valence-corrected chi connectivity index (χ4v) is 2.50. The van der Waals surface area contributed by atoms with Crippen LogP contribution in [0.15, 0.2) is 42.5 Å². The quantitative estimate of drug-likeness (QED) is 0.482. The van der Waals surface area contributed by atoms with Crippen LogP contribution in [0.3, 0.4) is 0 Å². The summed E-state index contributed by atoms with van der Waals surface area (Å²) in [6.45, 7) is 0.636. The summed E-state index contributed by atoms with van der Waals surface area (Å²) in [6.07, 6.45) is 0.937. The Labute approximate surface area is 131 Å². The summed E-state index contributed by atoms with van der Waals surface area (Å²) in [5, 5.41) is 2.20. The molecular formula is C15H13BrCl2O. The van der Waals surface area contributed by atoms with Crippen molar-refractivity contribution in [2.24, 2.45) is 0 Å². The Kier molecular flexibility index (Phi) is 5.56. The molecule has 19 heavy (non-hydrogen) atoms. The summed E-state index contributed by atoms with van der Waals surface area (Å²) in [4.78, 5) is 0. The SMILES string of the molecule is Clc1ccccc1-c1cccc(OCCCBr)c1Cl. The lowest BCUT2D eigenvalue weighted by Gasteiger charge is -2.12. The van der Waals surface area contributed by atoms with Gasteiger partial charge in [-0.2, -0.15) is 0 Å². The van der Waals surface area contributed by atoms with Gasteiger partial charge in [-0.3, -0.25) is 0 Å². The van der Waals surface area contributed by atoms with Crippen molar-refractivity contribution in [1.82, 2.24) is 0 Å². The van der Waals surface area contributed by atoms with Crippen molar-refractivity contribution in [3.63, 3.8) is 0 Å². The first kappa shape index (κ1) is 14.7. The molecule has 0 bridgehead atoms. The summed E-state index contributed by atoms with van der Waals surface area (Å²) in [5.74, 6) is 0.694. The fourth-order valence-electron chi connectivity index (χ4n) is 1.75. The lowest BCUT2D eigenvalue weighted by molar-refractivity contribution is 0.319. The molecule has 0 spiro atoms. The maximum absolute atomic E-state index is 6.40. The maximum Gasteiger partial charge on any atom is 0.138 e. The standard InChI is InChI=1S/C15H13BrCl2O/c16-9-4-10-19-14-8-3-6-12(15(14)18)11-5-1-2-7-13(11)17/h1-3,5-8H,4,9-10H2. The molecule has 0 aliphatic carbocycles. The Morgan fingerprint density at radius 2 is 1.68 bits per heavy atom. The molecule has 2 rings (SSSR count). The van der Waals surface area contributed by atoms with E-state index in [0.717, 1.165) is 22.9 Å². The molecule has 0 heterocycles. The van der Waals surface area contributed by atoms with E-state index in [1.807, 2.05) is 42.5 Å². The zero-order chi connectivity index (χ0) is 13.7. The van der Waals surface area contributed by atoms with Crippen molar-refractivity contribution in [2.45, 2.75) is 6.42 Å². The van der Waals surface area contributed by atoms with E-state index in [1.165, 1.54) is 0 Å². The molecule has 0 unspecified atom stereocenters. The lowest BCUT2D eigenvalue weighted by Crippen LogP contribution is -1.98. The van der Waals surface area contributed by atoms with Gasteiger partial charge in [0, 0.05) is 21.5 Å². The number of alkyl halides is 1. The van der Waals surface area contributed by atoms with Crippen molar-refractivity contribution in [2.75, 3.05) is 11.9 Å². The van der Waals surface area contributed by atoms with Crippen LogP contribution >= 0.6 is 39.1 Å². The van der Waals surface area contributed by atoms with E-state index >= 15 is 0 Å². The van der Waals surface area contributed by atoms with Crippen LogP contribution in [0.1, 0.15) is 6.42 Å². The van der Waals surface area contributed by atoms with Gasteiger partial charge < -0.3 is 4.74 Å². The van der Waals surface area contributed by atoms with Crippen molar-refractivity contribution < 1.29 is 4.74 Å². The molecular weight excluding hydrogens is 347 g/mol. The third-order valence-electron chi connectivity index (χ3n) is 2.66. The van der Waals surface area contributed by atoms with E-state index in [0.29, 0.717) is 22.4 Å². The largest absolute Gasteiger partial charge is 0.492 e. The summed E-state index contributed by atoms with van der Waals surface area (Å²) < 4.78 is 5.67. The van der Waals surface area contributed by atoms with Gasteiger partial charge in [0.2, 0.25) is 0 Å². The van der Waals surface area contributed by atoms with E-state index < -0.39 is 0 Å². The summed E-state index contributed by atoms with van der Waals surface area (Å²) >= 11 is 16.0. The van der Waals surface area contributed by atoms with Crippen LogP contribution in [-0.2, 0) is 0 Å². The molecule has 0 aliphatic heterocycles. The Hall–Kier alpha value is -0.700. The van der Waals surface area contributed by atoms with Gasteiger partial charge in [-0.25, -0.2) is 0 Å². The first-order chi connectivity index (χ1) is 9.24. The summed E-state index contributed by atoms with van der Waals surface area (Å²) in [5.41, 5.74) is 1.81. The highest BCUT2D eigenvalue weighted by Gasteiger charge is 2.11. The van der Waals surface area contributed by atoms with Gasteiger partial charge in [-0.15, -0.1) is 0 Å². The molecule has 0 saturated heterocycles. The molecule has 0 amide bonds. The molecule has 2 aromatic carbocycles. The van der Waals surface area contributed by atoms with Gasteiger partial charge in [0.25, 0.3) is 0 Å². The second kappa shape index (κ2) is 7.18. The Bertz CT molecular complexity index is 558. The van der Waals surface area contributed by atoms with Gasteiger partial charge in [0.1, 0.15) is 5.75 Å². The molecule has 0 aromatic heterocycles.